The highest BCUT2D eigenvalue weighted by Gasteiger charge is 2.17. The van der Waals surface area contributed by atoms with Crippen molar-refractivity contribution in [1.29, 1.82) is 0 Å². The zero-order chi connectivity index (χ0) is 13.1. The molecule has 0 bridgehead atoms. The summed E-state index contributed by atoms with van der Waals surface area (Å²) in [5.74, 6) is -0.544. The van der Waals surface area contributed by atoms with Gasteiger partial charge in [-0.3, -0.25) is 10.1 Å². The predicted molar refractivity (Wildman–Crippen MR) is 66.6 cm³/mol. The smallest absolute Gasteiger partial charge is 0.339 e. The third-order valence-electron chi connectivity index (χ3n) is 2.55. The van der Waals surface area contributed by atoms with E-state index in [-0.39, 0.29) is 17.9 Å². The van der Waals surface area contributed by atoms with Gasteiger partial charge in [0.1, 0.15) is 0 Å². The molecule has 0 aliphatic carbocycles. The maximum absolute atomic E-state index is 11.8. The summed E-state index contributed by atoms with van der Waals surface area (Å²) in [4.78, 5) is 22.1. The minimum Gasteiger partial charge on any atom is -0.462 e. The van der Waals surface area contributed by atoms with Gasteiger partial charge in [-0.05, 0) is 17.7 Å². The lowest BCUT2D eigenvalue weighted by Crippen LogP contribution is -2.06. The number of hydrogen-bond acceptors (Lipinski definition) is 4. The van der Waals surface area contributed by atoms with Crippen molar-refractivity contribution in [2.45, 2.75) is 6.92 Å². The normalized spacial score (nSPS) is 10.3. The number of benzene rings is 2. The molecular formula is C13H11NO4. The number of nitro benzene ring substituents is 1. The number of fused-ring (bicyclic) bond motifs is 1. The molecule has 0 saturated carbocycles. The standard InChI is InChI=1S/C13H11NO4/c1-2-18-13(15)12-8-10(14(16)17)7-9-5-3-4-6-11(9)12/h3-8H,2H2,1H3. The molecule has 5 nitrogen and oxygen atoms in total. The number of nitro groups is 1. The summed E-state index contributed by atoms with van der Waals surface area (Å²) in [6, 6.07) is 9.70. The van der Waals surface area contributed by atoms with Crippen molar-refractivity contribution in [2.24, 2.45) is 0 Å². The Morgan fingerprint density at radius 3 is 2.72 bits per heavy atom. The third-order valence-corrected chi connectivity index (χ3v) is 2.55. The highest BCUT2D eigenvalue weighted by Crippen LogP contribution is 2.25. The van der Waals surface area contributed by atoms with Crippen molar-refractivity contribution in [2.75, 3.05) is 6.61 Å². The number of ether oxygens (including phenoxy) is 1. The van der Waals surface area contributed by atoms with Crippen LogP contribution in [0.3, 0.4) is 0 Å². The molecule has 0 fully saturated rings. The van der Waals surface area contributed by atoms with Gasteiger partial charge in [0, 0.05) is 12.1 Å². The van der Waals surface area contributed by atoms with Crippen LogP contribution in [0.15, 0.2) is 36.4 Å². The van der Waals surface area contributed by atoms with E-state index < -0.39 is 10.9 Å². The largest absolute Gasteiger partial charge is 0.462 e. The fourth-order valence-corrected chi connectivity index (χ4v) is 1.78. The average molecular weight is 245 g/mol. The second-order valence-electron chi connectivity index (χ2n) is 3.69. The maximum atomic E-state index is 11.8. The molecule has 0 aromatic heterocycles. The Labute approximate surface area is 103 Å². The lowest BCUT2D eigenvalue weighted by molar-refractivity contribution is -0.384. The number of nitrogens with zero attached hydrogens (tertiary/aromatic N) is 1. The van der Waals surface area contributed by atoms with E-state index in [0.29, 0.717) is 10.8 Å². The van der Waals surface area contributed by atoms with Crippen LogP contribution in [0.4, 0.5) is 5.69 Å². The molecule has 2 rings (SSSR count). The summed E-state index contributed by atoms with van der Waals surface area (Å²) in [7, 11) is 0. The number of carbonyl (C=O) groups excluding carboxylic acids is 1. The van der Waals surface area contributed by atoms with E-state index in [0.717, 1.165) is 0 Å². The van der Waals surface area contributed by atoms with Gasteiger partial charge in [0.05, 0.1) is 17.1 Å². The molecule has 0 atom stereocenters. The lowest BCUT2D eigenvalue weighted by atomic mass is 10.0. The molecule has 2 aromatic rings. The SMILES string of the molecule is CCOC(=O)c1cc([N+](=O)[O-])cc2ccccc12. The van der Waals surface area contributed by atoms with Crippen molar-refractivity contribution < 1.29 is 14.5 Å². The predicted octanol–water partition coefficient (Wildman–Crippen LogP) is 2.92. The first kappa shape index (κ1) is 12.0. The molecule has 0 aliphatic rings. The Kier molecular flexibility index (Phi) is 3.23. The molecule has 0 aliphatic heterocycles. The van der Waals surface area contributed by atoms with E-state index >= 15 is 0 Å². The van der Waals surface area contributed by atoms with E-state index in [9.17, 15) is 14.9 Å². The molecule has 0 heterocycles. The highest BCUT2D eigenvalue weighted by molar-refractivity contribution is 6.05. The van der Waals surface area contributed by atoms with E-state index in [4.69, 9.17) is 4.74 Å². The van der Waals surface area contributed by atoms with Crippen molar-refractivity contribution in [3.05, 3.63) is 52.1 Å². The minimum absolute atomic E-state index is 0.114. The van der Waals surface area contributed by atoms with Gasteiger partial charge in [0.25, 0.3) is 5.69 Å². The summed E-state index contributed by atoms with van der Waals surface area (Å²) >= 11 is 0. The van der Waals surface area contributed by atoms with Gasteiger partial charge in [-0.2, -0.15) is 0 Å². The van der Waals surface area contributed by atoms with Crippen molar-refractivity contribution >= 4 is 22.4 Å². The highest BCUT2D eigenvalue weighted by atomic mass is 16.6. The Morgan fingerprint density at radius 1 is 1.33 bits per heavy atom. The number of esters is 1. The lowest BCUT2D eigenvalue weighted by Gasteiger charge is -2.06. The molecule has 0 radical (unpaired) electrons. The maximum Gasteiger partial charge on any atom is 0.339 e. The van der Waals surface area contributed by atoms with Crippen LogP contribution in [-0.2, 0) is 4.74 Å². The molecule has 18 heavy (non-hydrogen) atoms. The fraction of sp³-hybridized carbons (Fsp3) is 0.154. The first-order valence-corrected chi connectivity index (χ1v) is 5.47. The second kappa shape index (κ2) is 4.83. The number of carbonyl (C=O) groups is 1. The summed E-state index contributed by atoms with van der Waals surface area (Å²) in [5, 5.41) is 12.1. The van der Waals surface area contributed by atoms with Crippen molar-refractivity contribution in [1.82, 2.24) is 0 Å². The van der Waals surface area contributed by atoms with Crippen LogP contribution >= 0.6 is 0 Å². The molecule has 0 unspecified atom stereocenters. The monoisotopic (exact) mass is 245 g/mol. The molecule has 0 saturated heterocycles. The van der Waals surface area contributed by atoms with Crippen LogP contribution in [0.2, 0.25) is 0 Å². The summed E-state index contributed by atoms with van der Waals surface area (Å²) in [6.07, 6.45) is 0. The molecule has 2 aromatic carbocycles. The van der Waals surface area contributed by atoms with Crippen LogP contribution < -0.4 is 0 Å². The molecular weight excluding hydrogens is 234 g/mol. The Morgan fingerprint density at radius 2 is 2.06 bits per heavy atom. The van der Waals surface area contributed by atoms with Gasteiger partial charge < -0.3 is 4.74 Å². The van der Waals surface area contributed by atoms with Gasteiger partial charge in [-0.25, -0.2) is 4.79 Å². The quantitative estimate of drug-likeness (QED) is 0.473. The van der Waals surface area contributed by atoms with Crippen LogP contribution in [0.5, 0.6) is 0 Å². The zero-order valence-corrected chi connectivity index (χ0v) is 9.75. The number of non-ortho nitro benzene ring substituents is 1. The molecule has 92 valence electrons. The van der Waals surface area contributed by atoms with Crippen LogP contribution in [0.25, 0.3) is 10.8 Å². The van der Waals surface area contributed by atoms with Gasteiger partial charge in [0.15, 0.2) is 0 Å². The fourth-order valence-electron chi connectivity index (χ4n) is 1.78. The first-order valence-electron chi connectivity index (χ1n) is 5.47. The zero-order valence-electron chi connectivity index (χ0n) is 9.75. The summed E-state index contributed by atoms with van der Waals surface area (Å²) in [5.41, 5.74) is 0.110. The molecule has 5 heteroatoms. The minimum atomic E-state index is -0.544. The molecule has 0 N–H and O–H groups in total. The Hall–Kier alpha value is -2.43. The van der Waals surface area contributed by atoms with E-state index in [2.05, 4.69) is 0 Å². The molecule has 0 spiro atoms. The summed E-state index contributed by atoms with van der Waals surface area (Å²) < 4.78 is 4.91. The number of rotatable bonds is 3. The average Bonchev–Trinajstić information content (AvgIpc) is 2.37. The van der Waals surface area contributed by atoms with Crippen LogP contribution in [-0.4, -0.2) is 17.5 Å². The molecule has 0 amide bonds. The van der Waals surface area contributed by atoms with Gasteiger partial charge >= 0.3 is 5.97 Å². The second-order valence-corrected chi connectivity index (χ2v) is 3.69. The summed E-state index contributed by atoms with van der Waals surface area (Å²) in [6.45, 7) is 1.92. The van der Waals surface area contributed by atoms with Crippen molar-refractivity contribution in [3.8, 4) is 0 Å². The van der Waals surface area contributed by atoms with E-state index in [1.807, 2.05) is 0 Å². The Balaban J connectivity index is 2.68. The third kappa shape index (κ3) is 2.15. The Bertz CT molecular complexity index is 621. The van der Waals surface area contributed by atoms with E-state index in [1.54, 1.807) is 31.2 Å². The number of hydrogen-bond donors (Lipinski definition) is 0. The van der Waals surface area contributed by atoms with Gasteiger partial charge in [-0.1, -0.05) is 24.3 Å². The van der Waals surface area contributed by atoms with E-state index in [1.165, 1.54) is 12.1 Å². The van der Waals surface area contributed by atoms with Gasteiger partial charge in [-0.15, -0.1) is 0 Å². The topological polar surface area (TPSA) is 69.4 Å². The van der Waals surface area contributed by atoms with Gasteiger partial charge in [0.2, 0.25) is 0 Å². The van der Waals surface area contributed by atoms with Crippen LogP contribution in [0.1, 0.15) is 17.3 Å². The first-order chi connectivity index (χ1) is 8.63. The van der Waals surface area contributed by atoms with Crippen molar-refractivity contribution in [3.63, 3.8) is 0 Å². The van der Waals surface area contributed by atoms with Crippen LogP contribution in [0, 0.1) is 10.1 Å².